The molecule has 1 aromatic carbocycles. The summed E-state index contributed by atoms with van der Waals surface area (Å²) in [6.45, 7) is 0.787. The zero-order chi connectivity index (χ0) is 13.9. The standard InChI is InChI=1S/C10H12FNO5S/c1-6-2-3-7(11)4-9(6)18(16,17)12-5-8(13)10(14)15/h2-4,8,12-13H,5H2,1H3,(H,14,15). The Morgan fingerprint density at radius 3 is 2.67 bits per heavy atom. The van der Waals surface area contributed by atoms with E-state index in [9.17, 15) is 17.6 Å². The van der Waals surface area contributed by atoms with E-state index >= 15 is 0 Å². The third-order valence-corrected chi connectivity index (χ3v) is 3.76. The minimum atomic E-state index is -4.06. The molecule has 1 atom stereocenters. The Bertz CT molecular complexity index is 557. The molecule has 1 aromatic rings. The van der Waals surface area contributed by atoms with Gasteiger partial charge in [-0.2, -0.15) is 0 Å². The molecule has 6 nitrogen and oxygen atoms in total. The van der Waals surface area contributed by atoms with Crippen LogP contribution in [-0.2, 0) is 14.8 Å². The predicted molar refractivity (Wildman–Crippen MR) is 60.0 cm³/mol. The van der Waals surface area contributed by atoms with Crippen LogP contribution in [0.4, 0.5) is 4.39 Å². The van der Waals surface area contributed by atoms with E-state index in [1.807, 2.05) is 4.72 Å². The largest absolute Gasteiger partial charge is 0.479 e. The van der Waals surface area contributed by atoms with Crippen LogP contribution >= 0.6 is 0 Å². The lowest BCUT2D eigenvalue weighted by atomic mass is 10.2. The molecular weight excluding hydrogens is 265 g/mol. The second kappa shape index (κ2) is 5.42. The predicted octanol–water partition coefficient (Wildman–Crippen LogP) is -0.142. The van der Waals surface area contributed by atoms with Gasteiger partial charge in [0.25, 0.3) is 0 Å². The molecule has 0 aliphatic heterocycles. The first-order valence-corrected chi connectivity index (χ1v) is 6.39. The zero-order valence-corrected chi connectivity index (χ0v) is 10.2. The molecular formula is C10H12FNO5S. The number of aliphatic hydroxyl groups is 1. The van der Waals surface area contributed by atoms with Crippen molar-refractivity contribution in [1.82, 2.24) is 4.72 Å². The molecule has 0 amide bonds. The van der Waals surface area contributed by atoms with E-state index in [4.69, 9.17) is 10.2 Å². The van der Waals surface area contributed by atoms with Crippen molar-refractivity contribution in [3.05, 3.63) is 29.6 Å². The van der Waals surface area contributed by atoms with Crippen molar-refractivity contribution in [1.29, 1.82) is 0 Å². The van der Waals surface area contributed by atoms with E-state index in [0.29, 0.717) is 5.56 Å². The number of aliphatic carboxylic acids is 1. The number of aliphatic hydroxyl groups excluding tert-OH is 1. The number of halogens is 1. The Morgan fingerprint density at radius 2 is 2.11 bits per heavy atom. The minimum absolute atomic E-state index is 0.292. The monoisotopic (exact) mass is 277 g/mol. The number of nitrogens with one attached hydrogen (secondary N) is 1. The Labute approximate surface area is 103 Å². The van der Waals surface area contributed by atoms with E-state index in [1.54, 1.807) is 0 Å². The van der Waals surface area contributed by atoms with Crippen LogP contribution in [0.5, 0.6) is 0 Å². The lowest BCUT2D eigenvalue weighted by molar-refractivity contribution is -0.146. The molecule has 1 rings (SSSR count). The third kappa shape index (κ3) is 3.49. The van der Waals surface area contributed by atoms with E-state index in [2.05, 4.69) is 0 Å². The van der Waals surface area contributed by atoms with Crippen LogP contribution in [0, 0.1) is 12.7 Å². The zero-order valence-electron chi connectivity index (χ0n) is 9.42. The summed E-state index contributed by atoms with van der Waals surface area (Å²) in [6.07, 6.45) is -1.85. The molecule has 0 radical (unpaired) electrons. The average Bonchev–Trinajstić information content (AvgIpc) is 2.29. The summed E-state index contributed by atoms with van der Waals surface area (Å²) in [5.41, 5.74) is 0.314. The van der Waals surface area contributed by atoms with Crippen molar-refractivity contribution in [2.75, 3.05) is 6.54 Å². The van der Waals surface area contributed by atoms with E-state index in [-0.39, 0.29) is 4.90 Å². The Balaban J connectivity index is 2.93. The number of carbonyl (C=O) groups is 1. The van der Waals surface area contributed by atoms with Gasteiger partial charge in [0.2, 0.25) is 10.0 Å². The fourth-order valence-electron chi connectivity index (χ4n) is 1.22. The highest BCUT2D eigenvalue weighted by atomic mass is 32.2. The molecule has 18 heavy (non-hydrogen) atoms. The first kappa shape index (κ1) is 14.6. The molecule has 0 saturated heterocycles. The Morgan fingerprint density at radius 1 is 1.50 bits per heavy atom. The van der Waals surface area contributed by atoms with E-state index in [1.165, 1.54) is 13.0 Å². The number of carboxylic acid groups (broad SMARTS) is 1. The van der Waals surface area contributed by atoms with Crippen LogP contribution < -0.4 is 4.72 Å². The quantitative estimate of drug-likeness (QED) is 0.695. The SMILES string of the molecule is Cc1ccc(F)cc1S(=O)(=O)NCC(O)C(=O)O. The van der Waals surface area contributed by atoms with Gasteiger partial charge in [0, 0.05) is 6.54 Å². The van der Waals surface area contributed by atoms with E-state index in [0.717, 1.165) is 12.1 Å². The Kier molecular flexibility index (Phi) is 4.38. The first-order valence-electron chi connectivity index (χ1n) is 4.91. The van der Waals surface area contributed by atoms with Gasteiger partial charge in [0.15, 0.2) is 6.10 Å². The van der Waals surface area contributed by atoms with Gasteiger partial charge in [-0.05, 0) is 24.6 Å². The van der Waals surface area contributed by atoms with Crippen molar-refractivity contribution in [2.24, 2.45) is 0 Å². The molecule has 3 N–H and O–H groups in total. The van der Waals surface area contributed by atoms with Gasteiger partial charge in [-0.15, -0.1) is 0 Å². The van der Waals surface area contributed by atoms with Crippen LogP contribution in [-0.4, -0.2) is 37.2 Å². The number of rotatable bonds is 5. The van der Waals surface area contributed by atoms with Crippen LogP contribution in [0.15, 0.2) is 23.1 Å². The molecule has 0 saturated carbocycles. The van der Waals surface area contributed by atoms with Crippen LogP contribution in [0.2, 0.25) is 0 Å². The fraction of sp³-hybridized carbons (Fsp3) is 0.300. The van der Waals surface area contributed by atoms with Crippen molar-refractivity contribution < 1.29 is 27.8 Å². The highest BCUT2D eigenvalue weighted by molar-refractivity contribution is 7.89. The molecule has 0 fully saturated rings. The fourth-order valence-corrected chi connectivity index (χ4v) is 2.51. The second-order valence-electron chi connectivity index (χ2n) is 3.62. The summed E-state index contributed by atoms with van der Waals surface area (Å²) in [7, 11) is -4.06. The number of hydrogen-bond donors (Lipinski definition) is 3. The van der Waals surface area contributed by atoms with Crippen LogP contribution in [0.3, 0.4) is 0 Å². The van der Waals surface area contributed by atoms with Gasteiger partial charge in [0.05, 0.1) is 4.90 Å². The van der Waals surface area contributed by atoms with Gasteiger partial charge in [0.1, 0.15) is 5.82 Å². The molecule has 0 spiro atoms. The van der Waals surface area contributed by atoms with Crippen molar-refractivity contribution >= 4 is 16.0 Å². The van der Waals surface area contributed by atoms with Crippen LogP contribution in [0.1, 0.15) is 5.56 Å². The maximum Gasteiger partial charge on any atom is 0.333 e. The smallest absolute Gasteiger partial charge is 0.333 e. The number of benzene rings is 1. The highest BCUT2D eigenvalue weighted by Crippen LogP contribution is 2.15. The van der Waals surface area contributed by atoms with Crippen LogP contribution in [0.25, 0.3) is 0 Å². The summed E-state index contributed by atoms with van der Waals surface area (Å²) in [4.78, 5) is 10.0. The maximum atomic E-state index is 13.0. The lowest BCUT2D eigenvalue weighted by Crippen LogP contribution is -2.36. The average molecular weight is 277 g/mol. The first-order chi connectivity index (χ1) is 8.24. The van der Waals surface area contributed by atoms with Gasteiger partial charge in [-0.1, -0.05) is 6.07 Å². The number of hydrogen-bond acceptors (Lipinski definition) is 4. The molecule has 0 aliphatic carbocycles. The molecule has 100 valence electrons. The van der Waals surface area contributed by atoms with Crippen molar-refractivity contribution in [3.63, 3.8) is 0 Å². The maximum absolute atomic E-state index is 13.0. The number of sulfonamides is 1. The van der Waals surface area contributed by atoms with Crippen molar-refractivity contribution in [2.45, 2.75) is 17.9 Å². The van der Waals surface area contributed by atoms with Gasteiger partial charge >= 0.3 is 5.97 Å². The summed E-state index contributed by atoms with van der Waals surface area (Å²) in [5.74, 6) is -2.27. The lowest BCUT2D eigenvalue weighted by Gasteiger charge is -2.10. The summed E-state index contributed by atoms with van der Waals surface area (Å²) < 4.78 is 38.4. The van der Waals surface area contributed by atoms with Gasteiger partial charge in [-0.25, -0.2) is 22.3 Å². The normalized spacial score (nSPS) is 13.3. The molecule has 8 heteroatoms. The molecule has 0 aliphatic rings. The van der Waals surface area contributed by atoms with E-state index < -0.39 is 34.5 Å². The Hall–Kier alpha value is -1.51. The summed E-state index contributed by atoms with van der Waals surface area (Å²) >= 11 is 0. The highest BCUT2D eigenvalue weighted by Gasteiger charge is 2.21. The van der Waals surface area contributed by atoms with Gasteiger partial charge in [-0.3, -0.25) is 0 Å². The van der Waals surface area contributed by atoms with Crippen molar-refractivity contribution in [3.8, 4) is 0 Å². The topological polar surface area (TPSA) is 104 Å². The summed E-state index contributed by atoms with van der Waals surface area (Å²) in [5, 5.41) is 17.4. The molecule has 0 heterocycles. The summed E-state index contributed by atoms with van der Waals surface area (Å²) in [6, 6.07) is 3.22. The number of carboxylic acids is 1. The minimum Gasteiger partial charge on any atom is -0.479 e. The molecule has 0 bridgehead atoms. The second-order valence-corrected chi connectivity index (χ2v) is 5.35. The van der Waals surface area contributed by atoms with Gasteiger partial charge < -0.3 is 10.2 Å². The molecule has 1 unspecified atom stereocenters. The molecule has 0 aromatic heterocycles. The third-order valence-electron chi connectivity index (χ3n) is 2.19. The number of aryl methyl sites for hydroxylation is 1.